The van der Waals surface area contributed by atoms with E-state index in [2.05, 4.69) is 0 Å². The normalized spacial score (nSPS) is 12.2. The average molecular weight is 277 g/mol. The Labute approximate surface area is 118 Å². The summed E-state index contributed by atoms with van der Waals surface area (Å²) in [5, 5.41) is 8.51. The van der Waals surface area contributed by atoms with Crippen LogP contribution in [-0.4, -0.2) is 42.1 Å². The number of carbonyl (C=O) groups is 2. The van der Waals surface area contributed by atoms with Crippen LogP contribution in [0.5, 0.6) is 5.75 Å². The molecule has 0 aliphatic heterocycles. The van der Waals surface area contributed by atoms with E-state index < -0.39 is 5.97 Å². The molecule has 1 amide bonds. The molecule has 0 heterocycles. The Morgan fingerprint density at radius 2 is 2.00 bits per heavy atom. The molecular formula is C15H19NO4. The molecule has 0 spiro atoms. The first kappa shape index (κ1) is 15.8. The highest BCUT2D eigenvalue weighted by atomic mass is 16.5. The molecule has 0 aromatic heterocycles. The number of carbonyl (C=O) groups excluding carboxylic acids is 1. The standard InChI is InChI=1S/C15H19NO4/c1-11(16(2)14(17)8-9-15(18)19)10-12-6-4-5-7-13(12)20-3/h4-9,11H,10H2,1-3H3,(H,18,19). The minimum atomic E-state index is -1.14. The Morgan fingerprint density at radius 3 is 2.60 bits per heavy atom. The average Bonchev–Trinajstić information content (AvgIpc) is 2.44. The molecule has 108 valence electrons. The van der Waals surface area contributed by atoms with Crippen LogP contribution in [0, 0.1) is 0 Å². The van der Waals surface area contributed by atoms with Crippen molar-refractivity contribution < 1.29 is 19.4 Å². The zero-order valence-electron chi connectivity index (χ0n) is 11.9. The van der Waals surface area contributed by atoms with Gasteiger partial charge in [-0.1, -0.05) is 18.2 Å². The molecule has 20 heavy (non-hydrogen) atoms. The van der Waals surface area contributed by atoms with Crippen LogP contribution in [0.15, 0.2) is 36.4 Å². The van der Waals surface area contributed by atoms with Gasteiger partial charge in [-0.05, 0) is 25.0 Å². The van der Waals surface area contributed by atoms with E-state index in [4.69, 9.17) is 9.84 Å². The summed E-state index contributed by atoms with van der Waals surface area (Å²) in [6.45, 7) is 1.90. The Balaban J connectivity index is 2.72. The van der Waals surface area contributed by atoms with Gasteiger partial charge < -0.3 is 14.7 Å². The lowest BCUT2D eigenvalue weighted by Crippen LogP contribution is -2.35. The molecule has 0 aliphatic carbocycles. The highest BCUT2D eigenvalue weighted by Crippen LogP contribution is 2.20. The van der Waals surface area contributed by atoms with Crippen LogP contribution in [0.2, 0.25) is 0 Å². The molecule has 0 saturated heterocycles. The quantitative estimate of drug-likeness (QED) is 0.804. The molecule has 0 fully saturated rings. The fourth-order valence-electron chi connectivity index (χ4n) is 1.80. The number of carboxylic acids is 1. The second-order valence-electron chi connectivity index (χ2n) is 4.49. The van der Waals surface area contributed by atoms with Gasteiger partial charge in [0.25, 0.3) is 0 Å². The third-order valence-electron chi connectivity index (χ3n) is 3.09. The van der Waals surface area contributed by atoms with E-state index in [9.17, 15) is 9.59 Å². The number of likely N-dealkylation sites (N-methyl/N-ethyl adjacent to an activating group) is 1. The fourth-order valence-corrected chi connectivity index (χ4v) is 1.80. The van der Waals surface area contributed by atoms with Crippen LogP contribution in [0.4, 0.5) is 0 Å². The third-order valence-corrected chi connectivity index (χ3v) is 3.09. The van der Waals surface area contributed by atoms with Crippen LogP contribution >= 0.6 is 0 Å². The number of hydrogen-bond acceptors (Lipinski definition) is 3. The molecule has 0 radical (unpaired) electrons. The van der Waals surface area contributed by atoms with E-state index in [1.165, 1.54) is 4.90 Å². The van der Waals surface area contributed by atoms with E-state index in [1.807, 2.05) is 31.2 Å². The van der Waals surface area contributed by atoms with Crippen molar-refractivity contribution in [2.24, 2.45) is 0 Å². The molecule has 1 atom stereocenters. The van der Waals surface area contributed by atoms with Crippen molar-refractivity contribution in [1.82, 2.24) is 4.90 Å². The highest BCUT2D eigenvalue weighted by molar-refractivity contribution is 5.93. The van der Waals surface area contributed by atoms with Gasteiger partial charge in [0.05, 0.1) is 7.11 Å². The minimum absolute atomic E-state index is 0.0720. The van der Waals surface area contributed by atoms with Crippen molar-refractivity contribution >= 4 is 11.9 Å². The smallest absolute Gasteiger partial charge is 0.328 e. The van der Waals surface area contributed by atoms with Crippen LogP contribution < -0.4 is 4.74 Å². The van der Waals surface area contributed by atoms with Crippen LogP contribution in [0.3, 0.4) is 0 Å². The number of ether oxygens (including phenoxy) is 1. The van der Waals surface area contributed by atoms with E-state index in [0.29, 0.717) is 6.42 Å². The lowest BCUT2D eigenvalue weighted by molar-refractivity contribution is -0.132. The molecule has 5 nitrogen and oxygen atoms in total. The number of amides is 1. The van der Waals surface area contributed by atoms with Gasteiger partial charge in [-0.2, -0.15) is 0 Å². The van der Waals surface area contributed by atoms with Crippen LogP contribution in [0.1, 0.15) is 12.5 Å². The molecule has 5 heteroatoms. The lowest BCUT2D eigenvalue weighted by atomic mass is 10.1. The molecule has 1 rings (SSSR count). The van der Waals surface area contributed by atoms with Gasteiger partial charge in [-0.3, -0.25) is 4.79 Å². The minimum Gasteiger partial charge on any atom is -0.496 e. The molecule has 0 bridgehead atoms. The number of hydrogen-bond donors (Lipinski definition) is 1. The van der Waals surface area contributed by atoms with Crippen molar-refractivity contribution in [2.45, 2.75) is 19.4 Å². The van der Waals surface area contributed by atoms with Crippen molar-refractivity contribution in [1.29, 1.82) is 0 Å². The van der Waals surface area contributed by atoms with E-state index in [-0.39, 0.29) is 11.9 Å². The maximum Gasteiger partial charge on any atom is 0.328 e. The van der Waals surface area contributed by atoms with Gasteiger partial charge in [-0.25, -0.2) is 4.79 Å². The van der Waals surface area contributed by atoms with Gasteiger partial charge in [0.15, 0.2) is 0 Å². The third kappa shape index (κ3) is 4.42. The van der Waals surface area contributed by atoms with E-state index in [0.717, 1.165) is 23.5 Å². The first-order valence-electron chi connectivity index (χ1n) is 6.25. The SMILES string of the molecule is COc1ccccc1CC(C)N(C)C(=O)C=CC(=O)O. The molecule has 0 saturated carbocycles. The van der Waals surface area contributed by atoms with Crippen molar-refractivity contribution in [3.05, 3.63) is 42.0 Å². The summed E-state index contributed by atoms with van der Waals surface area (Å²) in [5.74, 6) is -0.694. The molecule has 1 aromatic carbocycles. The van der Waals surface area contributed by atoms with Crippen molar-refractivity contribution in [3.8, 4) is 5.75 Å². The van der Waals surface area contributed by atoms with Gasteiger partial charge in [0.1, 0.15) is 5.75 Å². The summed E-state index contributed by atoms with van der Waals surface area (Å²) >= 11 is 0. The van der Waals surface area contributed by atoms with Gasteiger partial charge in [0.2, 0.25) is 5.91 Å². The first-order chi connectivity index (χ1) is 9.45. The second kappa shape index (κ2) is 7.33. The van der Waals surface area contributed by atoms with Crippen LogP contribution in [-0.2, 0) is 16.0 Å². The number of aliphatic carboxylic acids is 1. The summed E-state index contributed by atoms with van der Waals surface area (Å²) < 4.78 is 5.27. The molecule has 0 aliphatic rings. The molecule has 1 unspecified atom stereocenters. The van der Waals surface area contributed by atoms with Gasteiger partial charge in [0, 0.05) is 25.2 Å². The Bertz CT molecular complexity index is 510. The second-order valence-corrected chi connectivity index (χ2v) is 4.49. The van der Waals surface area contributed by atoms with E-state index in [1.54, 1.807) is 14.2 Å². The zero-order chi connectivity index (χ0) is 15.1. The number of nitrogens with zero attached hydrogens (tertiary/aromatic N) is 1. The number of methoxy groups -OCH3 is 1. The predicted octanol–water partition coefficient (Wildman–Crippen LogP) is 1.73. The number of para-hydroxylation sites is 1. The lowest BCUT2D eigenvalue weighted by Gasteiger charge is -2.24. The zero-order valence-corrected chi connectivity index (χ0v) is 11.9. The summed E-state index contributed by atoms with van der Waals surface area (Å²) in [4.78, 5) is 23.7. The number of rotatable bonds is 6. The fraction of sp³-hybridized carbons (Fsp3) is 0.333. The molecule has 1 aromatic rings. The Kier molecular flexibility index (Phi) is 5.77. The first-order valence-corrected chi connectivity index (χ1v) is 6.25. The highest BCUT2D eigenvalue weighted by Gasteiger charge is 2.15. The Morgan fingerprint density at radius 1 is 1.35 bits per heavy atom. The monoisotopic (exact) mass is 277 g/mol. The predicted molar refractivity (Wildman–Crippen MR) is 75.7 cm³/mol. The number of carboxylic acid groups (broad SMARTS) is 1. The van der Waals surface area contributed by atoms with Crippen LogP contribution in [0.25, 0.3) is 0 Å². The van der Waals surface area contributed by atoms with Gasteiger partial charge >= 0.3 is 5.97 Å². The maximum atomic E-state index is 11.8. The summed E-state index contributed by atoms with van der Waals surface area (Å²) in [7, 11) is 3.25. The topological polar surface area (TPSA) is 66.8 Å². The van der Waals surface area contributed by atoms with Crippen molar-refractivity contribution in [3.63, 3.8) is 0 Å². The number of benzene rings is 1. The molecular weight excluding hydrogens is 258 g/mol. The largest absolute Gasteiger partial charge is 0.496 e. The summed E-state index contributed by atoms with van der Waals surface area (Å²) in [5.41, 5.74) is 1.00. The summed E-state index contributed by atoms with van der Waals surface area (Å²) in [6, 6.07) is 7.54. The molecule has 1 N–H and O–H groups in total. The van der Waals surface area contributed by atoms with Gasteiger partial charge in [-0.15, -0.1) is 0 Å². The summed E-state index contributed by atoms with van der Waals surface area (Å²) in [6.07, 6.45) is 2.53. The Hall–Kier alpha value is -2.30. The maximum absolute atomic E-state index is 11.8. The van der Waals surface area contributed by atoms with Crippen molar-refractivity contribution in [2.75, 3.05) is 14.2 Å². The van der Waals surface area contributed by atoms with E-state index >= 15 is 0 Å².